The lowest BCUT2D eigenvalue weighted by atomic mass is 9.95. The summed E-state index contributed by atoms with van der Waals surface area (Å²) in [6, 6.07) is 1.70. The summed E-state index contributed by atoms with van der Waals surface area (Å²) in [5.41, 5.74) is 2.85. The van der Waals surface area contributed by atoms with Crippen LogP contribution >= 0.6 is 11.6 Å². The van der Waals surface area contributed by atoms with Crippen molar-refractivity contribution in [3.05, 3.63) is 27.8 Å². The van der Waals surface area contributed by atoms with Crippen molar-refractivity contribution >= 4 is 17.6 Å². The summed E-state index contributed by atoms with van der Waals surface area (Å²) in [5, 5.41) is 9.34. The molecule has 0 unspecified atom stereocenters. The Balaban J connectivity index is 2.49. The number of carboxylic acids is 1. The number of hydrogen-bond donors (Lipinski definition) is 1. The average molecular weight is 241 g/mol. The van der Waals surface area contributed by atoms with Gasteiger partial charge in [-0.15, -0.1) is 0 Å². The Morgan fingerprint density at radius 1 is 1.62 bits per heavy atom. The van der Waals surface area contributed by atoms with Crippen LogP contribution in [0.5, 0.6) is 5.75 Å². The molecule has 1 aromatic rings. The van der Waals surface area contributed by atoms with Gasteiger partial charge in [0, 0.05) is 0 Å². The highest BCUT2D eigenvalue weighted by Gasteiger charge is 2.19. The van der Waals surface area contributed by atoms with E-state index in [4.69, 9.17) is 21.4 Å². The van der Waals surface area contributed by atoms with Gasteiger partial charge in [0.15, 0.2) is 0 Å². The molecule has 1 heterocycles. The normalized spacial score (nSPS) is 14.1. The molecule has 0 radical (unpaired) electrons. The van der Waals surface area contributed by atoms with Gasteiger partial charge in [-0.25, -0.2) is 0 Å². The summed E-state index contributed by atoms with van der Waals surface area (Å²) in [6.45, 7) is 2.62. The zero-order valence-corrected chi connectivity index (χ0v) is 9.80. The van der Waals surface area contributed by atoms with E-state index in [2.05, 4.69) is 0 Å². The van der Waals surface area contributed by atoms with Crippen LogP contribution in [0.3, 0.4) is 0 Å². The maximum atomic E-state index is 10.7. The molecule has 0 aliphatic carbocycles. The van der Waals surface area contributed by atoms with Crippen molar-refractivity contribution in [1.82, 2.24) is 0 Å². The lowest BCUT2D eigenvalue weighted by Gasteiger charge is -2.22. The van der Waals surface area contributed by atoms with Crippen LogP contribution < -0.4 is 4.74 Å². The Kier molecular flexibility index (Phi) is 3.06. The van der Waals surface area contributed by atoms with Crippen LogP contribution in [0.15, 0.2) is 6.07 Å². The molecule has 0 saturated heterocycles. The Hall–Kier alpha value is -1.22. The molecule has 16 heavy (non-hydrogen) atoms. The van der Waals surface area contributed by atoms with Crippen molar-refractivity contribution in [2.75, 3.05) is 6.61 Å². The van der Waals surface area contributed by atoms with E-state index in [0.717, 1.165) is 35.3 Å². The first-order chi connectivity index (χ1) is 7.59. The quantitative estimate of drug-likeness (QED) is 0.864. The molecule has 1 aliphatic heterocycles. The fraction of sp³-hybridized carbons (Fsp3) is 0.417. The van der Waals surface area contributed by atoms with Crippen LogP contribution in [-0.4, -0.2) is 17.7 Å². The van der Waals surface area contributed by atoms with Gasteiger partial charge in [-0.1, -0.05) is 11.6 Å². The number of hydrogen-bond acceptors (Lipinski definition) is 2. The molecular formula is C12H13ClO3. The highest BCUT2D eigenvalue weighted by atomic mass is 35.5. The van der Waals surface area contributed by atoms with Gasteiger partial charge in [0.25, 0.3) is 0 Å². The van der Waals surface area contributed by atoms with Crippen molar-refractivity contribution in [1.29, 1.82) is 0 Å². The standard InChI is InChI=1S/C12H13ClO3/c1-7-8(6-11(14)15)5-10(13)12-9(7)3-2-4-16-12/h5H,2-4,6H2,1H3,(H,14,15). The first kappa shape index (κ1) is 11.3. The minimum Gasteiger partial charge on any atom is -0.492 e. The first-order valence-electron chi connectivity index (χ1n) is 5.25. The fourth-order valence-corrected chi connectivity index (χ4v) is 2.36. The number of ether oxygens (including phenoxy) is 1. The number of rotatable bonds is 2. The number of fused-ring (bicyclic) bond motifs is 1. The molecule has 2 rings (SSSR count). The lowest BCUT2D eigenvalue weighted by molar-refractivity contribution is -0.136. The van der Waals surface area contributed by atoms with E-state index in [-0.39, 0.29) is 6.42 Å². The third-order valence-corrected chi connectivity index (χ3v) is 3.17. The van der Waals surface area contributed by atoms with Gasteiger partial charge in [0.05, 0.1) is 18.1 Å². The number of carboxylic acid groups (broad SMARTS) is 1. The Morgan fingerprint density at radius 3 is 3.06 bits per heavy atom. The molecule has 3 nitrogen and oxygen atoms in total. The van der Waals surface area contributed by atoms with Crippen LogP contribution in [0.25, 0.3) is 0 Å². The van der Waals surface area contributed by atoms with E-state index in [0.29, 0.717) is 11.6 Å². The molecule has 0 spiro atoms. The molecule has 0 amide bonds. The smallest absolute Gasteiger partial charge is 0.307 e. The van der Waals surface area contributed by atoms with E-state index >= 15 is 0 Å². The molecule has 1 aliphatic rings. The van der Waals surface area contributed by atoms with Crippen molar-refractivity contribution in [2.45, 2.75) is 26.2 Å². The molecule has 0 aromatic heterocycles. The highest BCUT2D eigenvalue weighted by molar-refractivity contribution is 6.32. The number of carbonyl (C=O) groups is 1. The van der Waals surface area contributed by atoms with Crippen molar-refractivity contribution in [3.63, 3.8) is 0 Å². The van der Waals surface area contributed by atoms with Crippen LogP contribution in [0.1, 0.15) is 23.1 Å². The SMILES string of the molecule is Cc1c(CC(=O)O)cc(Cl)c2c1CCCO2. The number of halogens is 1. The average Bonchev–Trinajstić information content (AvgIpc) is 2.25. The maximum Gasteiger partial charge on any atom is 0.307 e. The Labute approximate surface area is 99.0 Å². The van der Waals surface area contributed by atoms with Crippen LogP contribution in [0, 0.1) is 6.92 Å². The zero-order chi connectivity index (χ0) is 11.7. The van der Waals surface area contributed by atoms with Gasteiger partial charge >= 0.3 is 5.97 Å². The van der Waals surface area contributed by atoms with Crippen LogP contribution in [-0.2, 0) is 17.6 Å². The second-order valence-electron chi connectivity index (χ2n) is 3.97. The number of benzene rings is 1. The Bertz CT molecular complexity index is 440. The maximum absolute atomic E-state index is 10.7. The largest absolute Gasteiger partial charge is 0.492 e. The van der Waals surface area contributed by atoms with E-state index < -0.39 is 5.97 Å². The summed E-state index contributed by atoms with van der Waals surface area (Å²) in [5.74, 6) is -0.101. The molecule has 1 aromatic carbocycles. The predicted octanol–water partition coefficient (Wildman–Crippen LogP) is 2.60. The molecule has 0 atom stereocenters. The summed E-state index contributed by atoms with van der Waals surface area (Å²) in [4.78, 5) is 10.7. The number of aliphatic carboxylic acids is 1. The van der Waals surface area contributed by atoms with Gasteiger partial charge < -0.3 is 9.84 Å². The van der Waals surface area contributed by atoms with Gasteiger partial charge in [0.2, 0.25) is 0 Å². The molecule has 1 N–H and O–H groups in total. The molecular weight excluding hydrogens is 228 g/mol. The summed E-state index contributed by atoms with van der Waals surface area (Å²) in [6.07, 6.45) is 1.88. The van der Waals surface area contributed by atoms with Crippen molar-refractivity contribution < 1.29 is 14.6 Å². The van der Waals surface area contributed by atoms with E-state index in [1.54, 1.807) is 6.07 Å². The molecule has 0 bridgehead atoms. The monoisotopic (exact) mass is 240 g/mol. The molecule has 0 saturated carbocycles. The minimum atomic E-state index is -0.837. The van der Waals surface area contributed by atoms with E-state index in [9.17, 15) is 4.79 Å². The molecule has 4 heteroatoms. The highest BCUT2D eigenvalue weighted by Crippen LogP contribution is 2.37. The first-order valence-corrected chi connectivity index (χ1v) is 5.63. The summed E-state index contributed by atoms with van der Waals surface area (Å²) >= 11 is 6.08. The zero-order valence-electron chi connectivity index (χ0n) is 9.05. The minimum absolute atomic E-state index is 0.0127. The van der Waals surface area contributed by atoms with E-state index in [1.165, 1.54) is 0 Å². The fourth-order valence-electron chi connectivity index (χ4n) is 2.06. The van der Waals surface area contributed by atoms with Gasteiger partial charge in [-0.05, 0) is 42.5 Å². The van der Waals surface area contributed by atoms with Crippen molar-refractivity contribution in [2.24, 2.45) is 0 Å². The summed E-state index contributed by atoms with van der Waals surface area (Å²) in [7, 11) is 0. The van der Waals surface area contributed by atoms with Crippen LogP contribution in [0.2, 0.25) is 5.02 Å². The second kappa shape index (κ2) is 4.34. The molecule has 0 fully saturated rings. The van der Waals surface area contributed by atoms with Gasteiger partial charge in [-0.2, -0.15) is 0 Å². The molecule has 86 valence electrons. The topological polar surface area (TPSA) is 46.5 Å². The second-order valence-corrected chi connectivity index (χ2v) is 4.38. The predicted molar refractivity (Wildman–Crippen MR) is 61.3 cm³/mol. The Morgan fingerprint density at radius 2 is 2.38 bits per heavy atom. The third kappa shape index (κ3) is 2.00. The van der Waals surface area contributed by atoms with Gasteiger partial charge in [-0.3, -0.25) is 4.79 Å². The summed E-state index contributed by atoms with van der Waals surface area (Å²) < 4.78 is 5.52. The third-order valence-electron chi connectivity index (χ3n) is 2.89. The van der Waals surface area contributed by atoms with Crippen molar-refractivity contribution in [3.8, 4) is 5.75 Å². The lowest BCUT2D eigenvalue weighted by Crippen LogP contribution is -2.12. The van der Waals surface area contributed by atoms with Crippen LogP contribution in [0.4, 0.5) is 0 Å². The van der Waals surface area contributed by atoms with Gasteiger partial charge in [0.1, 0.15) is 5.75 Å². The van der Waals surface area contributed by atoms with E-state index in [1.807, 2.05) is 6.92 Å².